The molecule has 0 amide bonds. The monoisotopic (exact) mass is 452 g/mol. The number of methoxy groups -OCH3 is 2. The Balaban J connectivity index is 3.77. The third-order valence-corrected chi connectivity index (χ3v) is 5.32. The van der Waals surface area contributed by atoms with E-state index in [-0.39, 0.29) is 0 Å². The number of azo groups is 1. The van der Waals surface area contributed by atoms with E-state index in [2.05, 4.69) is 19.7 Å². The van der Waals surface area contributed by atoms with Gasteiger partial charge in [-0.05, 0) is 25.1 Å². The molecule has 1 atom stereocenters. The predicted octanol–water partition coefficient (Wildman–Crippen LogP) is 0.328. The first-order valence-corrected chi connectivity index (χ1v) is 10.2. The average Bonchev–Trinajstić information content (AvgIpc) is 2.62. The molecule has 2 N–H and O–H groups in total. The van der Waals surface area contributed by atoms with Crippen molar-refractivity contribution < 1.29 is 49.8 Å². The third kappa shape index (κ3) is 5.63. The average molecular weight is 452 g/mol. The molecule has 1 rings (SSSR count). The van der Waals surface area contributed by atoms with Crippen molar-refractivity contribution in [3.8, 4) is 0 Å². The summed E-state index contributed by atoms with van der Waals surface area (Å²) in [5.41, 5.74) is -3.42. The number of esters is 2. The number of carbonyl (C=O) groups excluding carboxylic acids is 3. The molecule has 160 valence electrons. The number of hydrogen-bond acceptors (Lipinski definition) is 11. The largest absolute Gasteiger partial charge is 0.469 e. The van der Waals surface area contributed by atoms with Gasteiger partial charge in [-0.25, -0.2) is 4.79 Å². The quantitative estimate of drug-likeness (QED) is 0.238. The van der Waals surface area contributed by atoms with Gasteiger partial charge in [0, 0.05) is 0 Å². The summed E-state index contributed by atoms with van der Waals surface area (Å²) in [7, 11) is -7.92. The highest BCUT2D eigenvalue weighted by Crippen LogP contribution is 2.30. The second-order valence-corrected chi connectivity index (χ2v) is 8.25. The first-order valence-electron chi connectivity index (χ1n) is 7.37. The lowest BCUT2D eigenvalue weighted by molar-refractivity contribution is -0.157. The van der Waals surface area contributed by atoms with Crippen LogP contribution < -0.4 is 0 Å². The van der Waals surface area contributed by atoms with Gasteiger partial charge in [-0.3, -0.25) is 18.7 Å². The Bertz CT molecular complexity index is 1080. The Labute approximate surface area is 165 Å². The molecule has 0 aliphatic carbocycles. The molecule has 0 aromatic heterocycles. The maximum Gasteiger partial charge on any atom is 0.344 e. The molecule has 0 radical (unpaired) electrons. The molecule has 0 saturated heterocycles. The summed E-state index contributed by atoms with van der Waals surface area (Å²) in [5.74, 6) is -3.43. The molecule has 13 nitrogen and oxygen atoms in total. The van der Waals surface area contributed by atoms with Gasteiger partial charge >= 0.3 is 11.9 Å². The molecule has 0 spiro atoms. The van der Waals surface area contributed by atoms with Crippen molar-refractivity contribution in [1.29, 1.82) is 0 Å². The van der Waals surface area contributed by atoms with Gasteiger partial charge in [0.15, 0.2) is 5.78 Å². The summed E-state index contributed by atoms with van der Waals surface area (Å²) < 4.78 is 72.8. The fourth-order valence-corrected chi connectivity index (χ4v) is 3.13. The van der Waals surface area contributed by atoms with Crippen molar-refractivity contribution in [3.05, 3.63) is 18.2 Å². The summed E-state index contributed by atoms with van der Waals surface area (Å²) >= 11 is 0. The summed E-state index contributed by atoms with van der Waals surface area (Å²) in [6.45, 7) is 0.872. The van der Waals surface area contributed by atoms with Crippen LogP contribution in [0, 0.1) is 0 Å². The van der Waals surface area contributed by atoms with Crippen LogP contribution in [0.15, 0.2) is 38.2 Å². The van der Waals surface area contributed by atoms with Crippen molar-refractivity contribution in [2.75, 3.05) is 14.2 Å². The highest BCUT2D eigenvalue weighted by atomic mass is 32.2. The van der Waals surface area contributed by atoms with E-state index in [0.717, 1.165) is 21.1 Å². The minimum Gasteiger partial charge on any atom is -0.469 e. The Kier molecular flexibility index (Phi) is 7.31. The van der Waals surface area contributed by atoms with E-state index in [1.54, 1.807) is 0 Å². The van der Waals surface area contributed by atoms with Gasteiger partial charge in [-0.2, -0.15) is 27.1 Å². The molecule has 0 aliphatic heterocycles. The fraction of sp³-hybridized carbons (Fsp3) is 0.357. The molecule has 0 heterocycles. The van der Waals surface area contributed by atoms with Gasteiger partial charge in [0.1, 0.15) is 10.6 Å². The molecule has 0 saturated carbocycles. The number of hydrogen-bond donors (Lipinski definition) is 2. The number of ketones is 1. The minimum absolute atomic E-state index is 0.516. The van der Waals surface area contributed by atoms with E-state index in [1.165, 1.54) is 0 Å². The second-order valence-electron chi connectivity index (χ2n) is 5.44. The second kappa shape index (κ2) is 8.73. The lowest BCUT2D eigenvalue weighted by Gasteiger charge is -2.21. The van der Waals surface area contributed by atoms with Crippen molar-refractivity contribution in [3.63, 3.8) is 0 Å². The van der Waals surface area contributed by atoms with Gasteiger partial charge in [-0.1, -0.05) is 0 Å². The molecule has 1 unspecified atom stereocenters. The van der Waals surface area contributed by atoms with Crippen LogP contribution in [0.3, 0.4) is 0 Å². The van der Waals surface area contributed by atoms with Crippen LogP contribution in [0.1, 0.15) is 13.3 Å². The van der Waals surface area contributed by atoms with Crippen LogP contribution >= 0.6 is 0 Å². The molecule has 29 heavy (non-hydrogen) atoms. The number of benzene rings is 1. The van der Waals surface area contributed by atoms with Crippen LogP contribution in [0.25, 0.3) is 0 Å². The first kappa shape index (κ1) is 24.3. The van der Waals surface area contributed by atoms with E-state index >= 15 is 0 Å². The Morgan fingerprint density at radius 2 is 1.62 bits per heavy atom. The van der Waals surface area contributed by atoms with Crippen LogP contribution in [0.5, 0.6) is 0 Å². The van der Waals surface area contributed by atoms with E-state index in [1.807, 2.05) is 0 Å². The Morgan fingerprint density at radius 1 is 1.03 bits per heavy atom. The van der Waals surface area contributed by atoms with Gasteiger partial charge in [-0.15, -0.1) is 0 Å². The van der Waals surface area contributed by atoms with E-state index < -0.39 is 65.4 Å². The topological polar surface area (TPSA) is 203 Å². The zero-order valence-electron chi connectivity index (χ0n) is 15.2. The first-order chi connectivity index (χ1) is 13.2. The normalized spacial score (nSPS) is 14.2. The predicted molar refractivity (Wildman–Crippen MR) is 92.6 cm³/mol. The van der Waals surface area contributed by atoms with E-state index in [4.69, 9.17) is 4.55 Å². The van der Waals surface area contributed by atoms with E-state index in [0.29, 0.717) is 18.2 Å². The molecule has 1 aromatic carbocycles. The molecule has 0 fully saturated rings. The van der Waals surface area contributed by atoms with Crippen molar-refractivity contribution >= 4 is 43.6 Å². The summed E-state index contributed by atoms with van der Waals surface area (Å²) in [5, 5.41) is 6.81. The van der Waals surface area contributed by atoms with Gasteiger partial charge in [0.05, 0.1) is 25.5 Å². The van der Waals surface area contributed by atoms with Crippen LogP contribution in [0.4, 0.5) is 5.69 Å². The van der Waals surface area contributed by atoms with Crippen LogP contribution in [0.2, 0.25) is 0 Å². The molecule has 15 heteroatoms. The molecule has 0 aliphatic rings. The minimum atomic E-state index is -4.96. The van der Waals surface area contributed by atoms with Crippen molar-refractivity contribution in [1.82, 2.24) is 0 Å². The standard InChI is InChI=1S/C14H16N2O11S2/c1-8(17)14(13(19)27-3,7-12(18)26-2)16-15-10-6-9(28(20,21)22)4-5-11(10)29(23,24)25/h4-6H,7H2,1-3H3,(H,20,21,22)(H,23,24,25). The van der Waals surface area contributed by atoms with E-state index in [9.17, 15) is 35.8 Å². The molecule has 0 bridgehead atoms. The number of Topliss-reactive ketones (excluding diaryl/α,β-unsaturated/α-hetero) is 1. The van der Waals surface area contributed by atoms with Crippen LogP contribution in [-0.2, 0) is 44.1 Å². The Morgan fingerprint density at radius 3 is 2.03 bits per heavy atom. The fourth-order valence-electron chi connectivity index (χ4n) is 2.03. The van der Waals surface area contributed by atoms with Gasteiger partial charge in [0.2, 0.25) is 5.54 Å². The van der Waals surface area contributed by atoms with Crippen molar-refractivity contribution in [2.45, 2.75) is 28.7 Å². The zero-order valence-corrected chi connectivity index (χ0v) is 16.9. The third-order valence-electron chi connectivity index (χ3n) is 3.57. The van der Waals surface area contributed by atoms with Gasteiger partial charge in [0.25, 0.3) is 20.2 Å². The maximum absolute atomic E-state index is 12.1. The highest BCUT2D eigenvalue weighted by molar-refractivity contribution is 7.86. The summed E-state index contributed by atoms with van der Waals surface area (Å²) in [6.07, 6.45) is -0.964. The lowest BCUT2D eigenvalue weighted by Crippen LogP contribution is -2.46. The van der Waals surface area contributed by atoms with Gasteiger partial charge < -0.3 is 9.47 Å². The Hall–Kier alpha value is -2.75. The molecule has 1 aromatic rings. The number of ether oxygens (including phenoxy) is 2. The smallest absolute Gasteiger partial charge is 0.344 e. The molecular formula is C14H16N2O11S2. The number of nitrogens with zero attached hydrogens (tertiary/aromatic N) is 2. The van der Waals surface area contributed by atoms with Crippen LogP contribution in [-0.4, -0.2) is 63.4 Å². The lowest BCUT2D eigenvalue weighted by atomic mass is 9.92. The SMILES string of the molecule is COC(=O)CC(N=Nc1cc(S(=O)(=O)O)ccc1S(=O)(=O)O)(C(C)=O)C(=O)OC. The summed E-state index contributed by atoms with van der Waals surface area (Å²) in [6, 6.07) is 1.77. The number of rotatable bonds is 8. The molecular weight excluding hydrogens is 436 g/mol. The van der Waals surface area contributed by atoms with Crippen molar-refractivity contribution in [2.24, 2.45) is 10.2 Å². The maximum atomic E-state index is 12.1. The highest BCUT2D eigenvalue weighted by Gasteiger charge is 2.48. The summed E-state index contributed by atoms with van der Waals surface area (Å²) in [4.78, 5) is 34.1. The number of carbonyl (C=O) groups is 3. The zero-order chi connectivity index (χ0) is 22.6.